The molecule has 0 radical (unpaired) electrons. The first kappa shape index (κ1) is 36.2. The van der Waals surface area contributed by atoms with Crippen molar-refractivity contribution in [3.05, 3.63) is 105 Å². The minimum absolute atomic E-state index is 0.0379. The monoisotopic (exact) mass is 730 g/mol. The molecule has 0 spiro atoms. The molecule has 0 saturated carbocycles. The zero-order valence-corrected chi connectivity index (χ0v) is 30.4. The number of amides is 2. The molecule has 2 aliphatic rings. The van der Waals surface area contributed by atoms with Crippen molar-refractivity contribution < 1.29 is 32.3 Å². The molecule has 2 fully saturated rings. The number of anilines is 1. The van der Waals surface area contributed by atoms with Crippen LogP contribution in [-0.4, -0.2) is 82.5 Å². The molecule has 4 aromatic rings. The number of carbonyl (C=O) groups excluding carboxylic acids is 3. The quantitative estimate of drug-likeness (QED) is 0.188. The highest BCUT2D eigenvalue weighted by Gasteiger charge is 2.30. The van der Waals surface area contributed by atoms with Crippen molar-refractivity contribution in [2.24, 2.45) is 0 Å². The highest BCUT2D eigenvalue weighted by molar-refractivity contribution is 7.93. The van der Waals surface area contributed by atoms with E-state index in [2.05, 4.69) is 27.1 Å². The van der Waals surface area contributed by atoms with Crippen LogP contribution in [0.5, 0.6) is 0 Å². The number of thiophene rings is 1. The number of esters is 1. The molecule has 13 heteroatoms. The summed E-state index contributed by atoms with van der Waals surface area (Å²) in [5.41, 5.74) is 4.00. The number of rotatable bonds is 11. The van der Waals surface area contributed by atoms with Crippen LogP contribution in [0.1, 0.15) is 66.3 Å². The molecular formula is C38H42N4O7S2. The summed E-state index contributed by atoms with van der Waals surface area (Å²) >= 11 is 1.08. The van der Waals surface area contributed by atoms with Crippen molar-refractivity contribution >= 4 is 44.8 Å². The normalized spacial score (nSPS) is 15.3. The van der Waals surface area contributed by atoms with E-state index in [1.165, 1.54) is 56.2 Å². The Labute approximate surface area is 302 Å². The van der Waals surface area contributed by atoms with Crippen LogP contribution in [0.2, 0.25) is 0 Å². The third-order valence-corrected chi connectivity index (χ3v) is 12.2. The molecule has 1 aromatic heterocycles. The Morgan fingerprint density at radius 3 is 2.10 bits per heavy atom. The van der Waals surface area contributed by atoms with Crippen LogP contribution in [0.25, 0.3) is 10.4 Å². The molecule has 0 unspecified atom stereocenters. The maximum absolute atomic E-state index is 14.1. The zero-order valence-electron chi connectivity index (χ0n) is 28.8. The topological polar surface area (TPSA) is 134 Å². The highest BCUT2D eigenvalue weighted by atomic mass is 32.2. The van der Waals surface area contributed by atoms with Crippen molar-refractivity contribution in [1.29, 1.82) is 0 Å². The second-order valence-corrected chi connectivity index (χ2v) is 15.3. The van der Waals surface area contributed by atoms with Gasteiger partial charge >= 0.3 is 5.97 Å². The van der Waals surface area contributed by atoms with Crippen molar-refractivity contribution in [2.45, 2.75) is 44.2 Å². The average molecular weight is 731 g/mol. The Kier molecular flexibility index (Phi) is 11.5. The summed E-state index contributed by atoms with van der Waals surface area (Å²) in [5, 5.41) is 2.97. The average Bonchev–Trinajstić information content (AvgIpc) is 3.52. The Balaban J connectivity index is 1.25. The molecule has 6 rings (SSSR count). The lowest BCUT2D eigenvalue weighted by molar-refractivity contribution is 0.0303. The van der Waals surface area contributed by atoms with Gasteiger partial charge in [0.25, 0.3) is 21.8 Å². The van der Waals surface area contributed by atoms with Gasteiger partial charge in [0.05, 0.1) is 35.6 Å². The summed E-state index contributed by atoms with van der Waals surface area (Å²) in [4.78, 5) is 43.4. The molecule has 2 saturated heterocycles. The third kappa shape index (κ3) is 8.67. The van der Waals surface area contributed by atoms with Crippen LogP contribution in [0.4, 0.5) is 5.69 Å². The second-order valence-electron chi connectivity index (χ2n) is 12.7. The molecule has 2 amide bonds. The van der Waals surface area contributed by atoms with Gasteiger partial charge < -0.3 is 19.7 Å². The molecule has 11 nitrogen and oxygen atoms in total. The summed E-state index contributed by atoms with van der Waals surface area (Å²) in [6.07, 6.45) is 3.76. The summed E-state index contributed by atoms with van der Waals surface area (Å²) < 4.78 is 40.8. The molecule has 2 aliphatic heterocycles. The fourth-order valence-corrected chi connectivity index (χ4v) is 9.40. The molecule has 0 bridgehead atoms. The van der Waals surface area contributed by atoms with E-state index in [1.54, 1.807) is 36.1 Å². The van der Waals surface area contributed by atoms with Crippen LogP contribution in [0, 0.1) is 6.92 Å². The summed E-state index contributed by atoms with van der Waals surface area (Å²) in [7, 11) is -2.96. The van der Waals surface area contributed by atoms with Crippen LogP contribution in [-0.2, 0) is 32.6 Å². The van der Waals surface area contributed by atoms with Crippen molar-refractivity contribution in [2.75, 3.05) is 51.2 Å². The molecular weight excluding hydrogens is 689 g/mol. The van der Waals surface area contributed by atoms with E-state index < -0.39 is 16.0 Å². The fraction of sp³-hybridized carbons (Fsp3) is 0.342. The first-order valence-electron chi connectivity index (χ1n) is 17.0. The lowest BCUT2D eigenvalue weighted by Crippen LogP contribution is -2.40. The Morgan fingerprint density at radius 1 is 0.824 bits per heavy atom. The van der Waals surface area contributed by atoms with Gasteiger partial charge in [0.1, 0.15) is 4.90 Å². The molecule has 2 N–H and O–H groups in total. The molecule has 3 heterocycles. The van der Waals surface area contributed by atoms with Gasteiger partial charge in [-0.3, -0.25) is 19.2 Å². The van der Waals surface area contributed by atoms with E-state index >= 15 is 0 Å². The SMILES string of the molecule is COC(=O)c1ccc(NS(=O)(=O)c2c(-c3ccc(C(=O)N4CCOCC4)cc3)sc(C(=O)NCc3ccc(CN4CCCCC4)cc3)c2C)cc1. The number of hydrogen-bond donors (Lipinski definition) is 2. The summed E-state index contributed by atoms with van der Waals surface area (Å²) in [5.74, 6) is -1.06. The number of benzene rings is 3. The standard InChI is InChI=1S/C38H42N4O7S2/c1-26-33(36(43)39-24-27-6-8-28(9-7-27)25-41-18-4-3-5-19-41)50-34(29-10-12-30(13-11-29)37(44)42-20-22-49-23-21-42)35(26)51(46,47)40-32-16-14-31(15-17-32)38(45)48-2/h6-17,40H,3-5,18-25H2,1-2H3,(H,39,43). The lowest BCUT2D eigenvalue weighted by atomic mass is 10.1. The number of methoxy groups -OCH3 is 1. The first-order valence-corrected chi connectivity index (χ1v) is 19.3. The van der Waals surface area contributed by atoms with Gasteiger partial charge in [0, 0.05) is 37.4 Å². The largest absolute Gasteiger partial charge is 0.465 e. The molecule has 0 aliphatic carbocycles. The van der Waals surface area contributed by atoms with Gasteiger partial charge in [-0.25, -0.2) is 13.2 Å². The number of likely N-dealkylation sites (tertiary alicyclic amines) is 1. The predicted molar refractivity (Wildman–Crippen MR) is 197 cm³/mol. The maximum atomic E-state index is 14.1. The van der Waals surface area contributed by atoms with E-state index in [0.717, 1.165) is 36.5 Å². The van der Waals surface area contributed by atoms with Gasteiger partial charge in [-0.15, -0.1) is 11.3 Å². The van der Waals surface area contributed by atoms with E-state index in [0.29, 0.717) is 47.9 Å². The third-order valence-electron chi connectivity index (χ3n) is 9.15. The Hall–Kier alpha value is -4.56. The molecule has 3 aromatic carbocycles. The second kappa shape index (κ2) is 16.2. The van der Waals surface area contributed by atoms with Gasteiger partial charge in [-0.05, 0) is 91.5 Å². The number of piperidine rings is 1. The number of carbonyl (C=O) groups is 3. The van der Waals surface area contributed by atoms with Crippen LogP contribution in [0.15, 0.2) is 77.7 Å². The van der Waals surface area contributed by atoms with E-state index in [-0.39, 0.29) is 39.4 Å². The minimum Gasteiger partial charge on any atom is -0.465 e. The maximum Gasteiger partial charge on any atom is 0.337 e. The van der Waals surface area contributed by atoms with Crippen LogP contribution >= 0.6 is 11.3 Å². The Bertz CT molecular complexity index is 1960. The van der Waals surface area contributed by atoms with Crippen molar-refractivity contribution in [3.63, 3.8) is 0 Å². The first-order chi connectivity index (χ1) is 24.6. The van der Waals surface area contributed by atoms with Crippen molar-refractivity contribution in [3.8, 4) is 10.4 Å². The summed E-state index contributed by atoms with van der Waals surface area (Å²) in [6.45, 7) is 7.00. The van der Waals surface area contributed by atoms with E-state index in [9.17, 15) is 22.8 Å². The Morgan fingerprint density at radius 2 is 1.45 bits per heavy atom. The number of ether oxygens (including phenoxy) is 2. The number of sulfonamides is 1. The molecule has 0 atom stereocenters. The minimum atomic E-state index is -4.23. The number of nitrogens with one attached hydrogen (secondary N) is 2. The zero-order chi connectivity index (χ0) is 36.0. The van der Waals surface area contributed by atoms with Gasteiger partial charge in [-0.2, -0.15) is 0 Å². The molecule has 51 heavy (non-hydrogen) atoms. The van der Waals surface area contributed by atoms with E-state index in [4.69, 9.17) is 9.47 Å². The number of morpholine rings is 1. The number of hydrogen-bond acceptors (Lipinski definition) is 9. The lowest BCUT2D eigenvalue weighted by Gasteiger charge is -2.26. The predicted octanol–water partition coefficient (Wildman–Crippen LogP) is 5.70. The van der Waals surface area contributed by atoms with Crippen molar-refractivity contribution in [1.82, 2.24) is 15.1 Å². The van der Waals surface area contributed by atoms with Gasteiger partial charge in [-0.1, -0.05) is 42.8 Å². The van der Waals surface area contributed by atoms with Gasteiger partial charge in [0.2, 0.25) is 0 Å². The van der Waals surface area contributed by atoms with Gasteiger partial charge in [0.15, 0.2) is 0 Å². The summed E-state index contributed by atoms with van der Waals surface area (Å²) in [6, 6.07) is 20.8. The van der Waals surface area contributed by atoms with E-state index in [1.807, 2.05) is 12.1 Å². The fourth-order valence-electron chi connectivity index (χ4n) is 6.34. The van der Waals surface area contributed by atoms with Crippen LogP contribution in [0.3, 0.4) is 0 Å². The molecule has 268 valence electrons. The highest BCUT2D eigenvalue weighted by Crippen LogP contribution is 2.40. The smallest absolute Gasteiger partial charge is 0.337 e. The number of nitrogens with zero attached hydrogens (tertiary/aromatic N) is 2. The van der Waals surface area contributed by atoms with Crippen LogP contribution < -0.4 is 10.0 Å².